The highest BCUT2D eigenvalue weighted by Gasteiger charge is 2.11. The van der Waals surface area contributed by atoms with Crippen LogP contribution in [-0.2, 0) is 11.3 Å². The average molecular weight is 322 g/mol. The average Bonchev–Trinajstić information content (AvgIpc) is 2.63. The SMILES string of the molecule is C[C@H](CNC(=O)Cn1nnc2ccccc2c1=O)c1ccccc1. The zero-order valence-corrected chi connectivity index (χ0v) is 13.3. The predicted octanol–water partition coefficient (Wildman–Crippen LogP) is 1.71. The quantitative estimate of drug-likeness (QED) is 0.776. The minimum atomic E-state index is -0.313. The lowest BCUT2D eigenvalue weighted by Gasteiger charge is -2.13. The van der Waals surface area contributed by atoms with Crippen LogP contribution in [0.3, 0.4) is 0 Å². The largest absolute Gasteiger partial charge is 0.354 e. The third-order valence-electron chi connectivity index (χ3n) is 3.90. The highest BCUT2D eigenvalue weighted by atomic mass is 16.2. The van der Waals surface area contributed by atoms with E-state index in [0.29, 0.717) is 17.4 Å². The van der Waals surface area contributed by atoms with Gasteiger partial charge in [-0.15, -0.1) is 5.10 Å². The van der Waals surface area contributed by atoms with Gasteiger partial charge in [-0.2, -0.15) is 0 Å². The molecular weight excluding hydrogens is 304 g/mol. The van der Waals surface area contributed by atoms with Crippen LogP contribution in [0, 0.1) is 0 Å². The number of nitrogens with one attached hydrogen (secondary N) is 1. The van der Waals surface area contributed by atoms with Gasteiger partial charge in [0.05, 0.1) is 5.39 Å². The molecule has 6 nitrogen and oxygen atoms in total. The molecule has 2 aromatic carbocycles. The van der Waals surface area contributed by atoms with Crippen LogP contribution < -0.4 is 10.9 Å². The molecule has 122 valence electrons. The van der Waals surface area contributed by atoms with E-state index in [9.17, 15) is 9.59 Å². The number of rotatable bonds is 5. The summed E-state index contributed by atoms with van der Waals surface area (Å²) in [5, 5.41) is 11.1. The molecule has 1 atom stereocenters. The number of amides is 1. The molecule has 0 saturated carbocycles. The lowest BCUT2D eigenvalue weighted by Crippen LogP contribution is -2.35. The summed E-state index contributed by atoms with van der Waals surface area (Å²) in [6.07, 6.45) is 0. The molecular formula is C18H18N4O2. The van der Waals surface area contributed by atoms with Crippen LogP contribution in [-0.4, -0.2) is 27.4 Å². The topological polar surface area (TPSA) is 76.9 Å². The molecule has 1 amide bonds. The molecule has 0 bridgehead atoms. The number of fused-ring (bicyclic) bond motifs is 1. The first-order chi connectivity index (χ1) is 11.6. The summed E-state index contributed by atoms with van der Waals surface area (Å²) in [4.78, 5) is 24.4. The maximum atomic E-state index is 12.3. The molecule has 1 N–H and O–H groups in total. The maximum absolute atomic E-state index is 12.3. The fourth-order valence-electron chi connectivity index (χ4n) is 2.49. The van der Waals surface area contributed by atoms with Crippen LogP contribution in [0.2, 0.25) is 0 Å². The van der Waals surface area contributed by atoms with E-state index < -0.39 is 0 Å². The van der Waals surface area contributed by atoms with Crippen LogP contribution in [0.5, 0.6) is 0 Å². The van der Waals surface area contributed by atoms with Gasteiger partial charge in [0.25, 0.3) is 5.56 Å². The number of hydrogen-bond donors (Lipinski definition) is 1. The van der Waals surface area contributed by atoms with E-state index in [1.165, 1.54) is 0 Å². The minimum Gasteiger partial charge on any atom is -0.354 e. The van der Waals surface area contributed by atoms with Crippen molar-refractivity contribution in [2.75, 3.05) is 6.54 Å². The van der Waals surface area contributed by atoms with Crippen molar-refractivity contribution < 1.29 is 4.79 Å². The standard InChI is InChI=1S/C18H18N4O2/c1-13(14-7-3-2-4-8-14)11-19-17(23)12-22-18(24)15-9-5-6-10-16(15)20-21-22/h2-10,13H,11-12H2,1H3,(H,19,23)/t13-/m1/s1. The number of hydrogen-bond acceptors (Lipinski definition) is 4. The first kappa shape index (κ1) is 15.9. The van der Waals surface area contributed by atoms with Crippen LogP contribution in [0.15, 0.2) is 59.4 Å². The zero-order valence-electron chi connectivity index (χ0n) is 13.3. The molecule has 1 heterocycles. The molecule has 24 heavy (non-hydrogen) atoms. The zero-order chi connectivity index (χ0) is 16.9. The van der Waals surface area contributed by atoms with E-state index >= 15 is 0 Å². The van der Waals surface area contributed by atoms with Gasteiger partial charge in [0.2, 0.25) is 5.91 Å². The summed E-state index contributed by atoms with van der Waals surface area (Å²) in [5.41, 5.74) is 1.36. The van der Waals surface area contributed by atoms with Crippen LogP contribution in [0.25, 0.3) is 10.9 Å². The third kappa shape index (κ3) is 3.48. The van der Waals surface area contributed by atoms with Gasteiger partial charge < -0.3 is 5.32 Å². The highest BCUT2D eigenvalue weighted by molar-refractivity contribution is 5.78. The van der Waals surface area contributed by atoms with Crippen LogP contribution in [0.4, 0.5) is 0 Å². The van der Waals surface area contributed by atoms with E-state index in [-0.39, 0.29) is 23.9 Å². The van der Waals surface area contributed by atoms with Crippen molar-refractivity contribution in [1.82, 2.24) is 20.3 Å². The molecule has 0 fully saturated rings. The normalized spacial score (nSPS) is 12.0. The molecule has 6 heteroatoms. The summed E-state index contributed by atoms with van der Waals surface area (Å²) in [6, 6.07) is 16.9. The molecule has 0 aliphatic carbocycles. The number of nitrogens with zero attached hydrogens (tertiary/aromatic N) is 3. The second kappa shape index (κ2) is 7.04. The molecule has 3 rings (SSSR count). The summed E-state index contributed by atoms with van der Waals surface area (Å²) < 4.78 is 1.09. The minimum absolute atomic E-state index is 0.141. The predicted molar refractivity (Wildman–Crippen MR) is 91.7 cm³/mol. The van der Waals surface area contributed by atoms with Gasteiger partial charge in [0, 0.05) is 6.54 Å². The van der Waals surface area contributed by atoms with E-state index in [1.807, 2.05) is 37.3 Å². The smallest absolute Gasteiger partial charge is 0.278 e. The van der Waals surface area contributed by atoms with Crippen molar-refractivity contribution in [3.05, 3.63) is 70.5 Å². The van der Waals surface area contributed by atoms with E-state index in [4.69, 9.17) is 0 Å². The second-order valence-electron chi connectivity index (χ2n) is 5.69. The monoisotopic (exact) mass is 322 g/mol. The van der Waals surface area contributed by atoms with E-state index in [1.54, 1.807) is 24.3 Å². The Morgan fingerprint density at radius 1 is 1.12 bits per heavy atom. The Bertz CT molecular complexity index is 906. The van der Waals surface area contributed by atoms with Gasteiger partial charge in [0.15, 0.2) is 0 Å². The Morgan fingerprint density at radius 2 is 1.83 bits per heavy atom. The van der Waals surface area contributed by atoms with Crippen molar-refractivity contribution in [2.45, 2.75) is 19.4 Å². The molecule has 0 aliphatic rings. The Labute approximate surface area is 139 Å². The molecule has 0 unspecified atom stereocenters. The maximum Gasteiger partial charge on any atom is 0.278 e. The van der Waals surface area contributed by atoms with Gasteiger partial charge >= 0.3 is 0 Å². The molecule has 0 radical (unpaired) electrons. The fourth-order valence-corrected chi connectivity index (χ4v) is 2.49. The number of benzene rings is 2. The Hall–Kier alpha value is -3.02. The lowest BCUT2D eigenvalue weighted by molar-refractivity contribution is -0.122. The number of carbonyl (C=O) groups is 1. The van der Waals surface area contributed by atoms with Crippen LogP contribution >= 0.6 is 0 Å². The fraction of sp³-hybridized carbons (Fsp3) is 0.222. The highest BCUT2D eigenvalue weighted by Crippen LogP contribution is 2.12. The van der Waals surface area contributed by atoms with Gasteiger partial charge in [-0.1, -0.05) is 54.6 Å². The van der Waals surface area contributed by atoms with Crippen LogP contribution in [0.1, 0.15) is 18.4 Å². The lowest BCUT2D eigenvalue weighted by atomic mass is 10.0. The first-order valence-electron chi connectivity index (χ1n) is 7.79. The van der Waals surface area contributed by atoms with E-state index in [2.05, 4.69) is 15.6 Å². The molecule has 0 saturated heterocycles. The Balaban J connectivity index is 1.65. The first-order valence-corrected chi connectivity index (χ1v) is 7.79. The van der Waals surface area contributed by atoms with Crippen molar-refractivity contribution in [3.63, 3.8) is 0 Å². The summed E-state index contributed by atoms with van der Waals surface area (Å²) >= 11 is 0. The molecule has 3 aromatic rings. The van der Waals surface area contributed by atoms with Crippen molar-refractivity contribution in [1.29, 1.82) is 0 Å². The van der Waals surface area contributed by atoms with Gasteiger partial charge in [0.1, 0.15) is 12.1 Å². The van der Waals surface area contributed by atoms with E-state index in [0.717, 1.165) is 10.2 Å². The van der Waals surface area contributed by atoms with Crippen molar-refractivity contribution in [2.24, 2.45) is 0 Å². The summed E-state index contributed by atoms with van der Waals surface area (Å²) in [7, 11) is 0. The second-order valence-corrected chi connectivity index (χ2v) is 5.69. The van der Waals surface area contributed by atoms with Gasteiger partial charge in [-0.05, 0) is 23.6 Å². The van der Waals surface area contributed by atoms with Gasteiger partial charge in [-0.25, -0.2) is 4.68 Å². The molecule has 1 aromatic heterocycles. The third-order valence-corrected chi connectivity index (χ3v) is 3.90. The van der Waals surface area contributed by atoms with Gasteiger partial charge in [-0.3, -0.25) is 9.59 Å². The summed E-state index contributed by atoms with van der Waals surface area (Å²) in [5.74, 6) is -0.0704. The summed E-state index contributed by atoms with van der Waals surface area (Å²) in [6.45, 7) is 2.40. The number of aromatic nitrogens is 3. The molecule has 0 spiro atoms. The number of carbonyl (C=O) groups excluding carboxylic acids is 1. The van der Waals surface area contributed by atoms with Crippen molar-refractivity contribution in [3.8, 4) is 0 Å². The van der Waals surface area contributed by atoms with Crippen molar-refractivity contribution >= 4 is 16.8 Å². The molecule has 0 aliphatic heterocycles. The Morgan fingerprint density at radius 3 is 2.62 bits per heavy atom. The Kier molecular flexibility index (Phi) is 4.65.